The Morgan fingerprint density at radius 1 is 1.00 bits per heavy atom. The molecular formula is C30H31N3O3S. The molecule has 2 N–H and O–H groups in total. The minimum atomic E-state index is -0.135. The zero-order valence-electron chi connectivity index (χ0n) is 21.1. The zero-order valence-corrected chi connectivity index (χ0v) is 21.9. The molecule has 0 aliphatic carbocycles. The number of H-pyrrole nitrogens is 1. The van der Waals surface area contributed by atoms with Crippen molar-refractivity contribution in [1.29, 1.82) is 0 Å². The highest BCUT2D eigenvalue weighted by molar-refractivity contribution is 7.80. The maximum absolute atomic E-state index is 13.1. The van der Waals surface area contributed by atoms with Gasteiger partial charge in [-0.25, -0.2) is 0 Å². The van der Waals surface area contributed by atoms with Crippen molar-refractivity contribution in [2.24, 2.45) is 0 Å². The van der Waals surface area contributed by atoms with Crippen LogP contribution in [0.25, 0.3) is 10.9 Å². The van der Waals surface area contributed by atoms with Gasteiger partial charge in [-0.15, -0.1) is 0 Å². The summed E-state index contributed by atoms with van der Waals surface area (Å²) in [5.74, 6) is 1.35. The summed E-state index contributed by atoms with van der Waals surface area (Å²) in [5, 5.41) is 4.99. The monoisotopic (exact) mass is 513 g/mol. The molecule has 0 saturated carbocycles. The average molecular weight is 514 g/mol. The Morgan fingerprint density at radius 3 is 2.46 bits per heavy atom. The lowest BCUT2D eigenvalue weighted by molar-refractivity contribution is 0.172. The fourth-order valence-corrected chi connectivity index (χ4v) is 4.94. The third-order valence-electron chi connectivity index (χ3n) is 6.78. The number of aromatic nitrogens is 1. The maximum Gasteiger partial charge on any atom is 0.253 e. The van der Waals surface area contributed by atoms with E-state index < -0.39 is 0 Å². The molecule has 5 rings (SSSR count). The lowest BCUT2D eigenvalue weighted by Crippen LogP contribution is -2.42. The first-order valence-electron chi connectivity index (χ1n) is 12.6. The van der Waals surface area contributed by atoms with E-state index in [1.165, 1.54) is 11.1 Å². The molecule has 7 heteroatoms. The van der Waals surface area contributed by atoms with E-state index in [0.29, 0.717) is 48.5 Å². The SMILES string of the molecule is Cc1ccccc1CCN(Cc1cc2cc3c(cc2[nH]c1=O)OCCO3)C(=S)NC(C)c1ccccc1. The second-order valence-electron chi connectivity index (χ2n) is 9.39. The number of aryl methyl sites for hydroxylation is 1. The van der Waals surface area contributed by atoms with Crippen LogP contribution in [-0.4, -0.2) is 34.8 Å². The van der Waals surface area contributed by atoms with Gasteiger partial charge in [0, 0.05) is 23.6 Å². The summed E-state index contributed by atoms with van der Waals surface area (Å²) >= 11 is 5.88. The molecule has 0 amide bonds. The molecule has 37 heavy (non-hydrogen) atoms. The van der Waals surface area contributed by atoms with E-state index in [2.05, 4.69) is 59.4 Å². The van der Waals surface area contributed by atoms with Gasteiger partial charge in [-0.3, -0.25) is 4.79 Å². The van der Waals surface area contributed by atoms with Crippen molar-refractivity contribution in [3.8, 4) is 11.5 Å². The molecule has 0 fully saturated rings. The van der Waals surface area contributed by atoms with E-state index in [9.17, 15) is 4.79 Å². The van der Waals surface area contributed by atoms with Crippen molar-refractivity contribution in [3.63, 3.8) is 0 Å². The third kappa shape index (κ3) is 5.78. The van der Waals surface area contributed by atoms with Gasteiger partial charge in [0.2, 0.25) is 0 Å². The number of nitrogens with zero attached hydrogens (tertiary/aromatic N) is 1. The molecule has 1 aromatic heterocycles. The molecule has 4 aromatic rings. The molecule has 1 atom stereocenters. The Bertz CT molecular complexity index is 1470. The molecule has 3 aromatic carbocycles. The van der Waals surface area contributed by atoms with Gasteiger partial charge in [0.15, 0.2) is 16.6 Å². The van der Waals surface area contributed by atoms with Crippen molar-refractivity contribution in [2.45, 2.75) is 32.9 Å². The molecule has 0 saturated heterocycles. The second-order valence-corrected chi connectivity index (χ2v) is 9.77. The van der Waals surface area contributed by atoms with Crippen LogP contribution in [0.2, 0.25) is 0 Å². The lowest BCUT2D eigenvalue weighted by atomic mass is 10.1. The van der Waals surface area contributed by atoms with Gasteiger partial charge < -0.3 is 24.7 Å². The minimum Gasteiger partial charge on any atom is -0.486 e. The molecule has 0 spiro atoms. The Hall–Kier alpha value is -3.84. The highest BCUT2D eigenvalue weighted by Crippen LogP contribution is 2.33. The second kappa shape index (κ2) is 11.0. The Kier molecular flexibility index (Phi) is 7.42. The first-order valence-corrected chi connectivity index (χ1v) is 13.0. The fraction of sp³-hybridized carbons (Fsp3) is 0.267. The summed E-state index contributed by atoms with van der Waals surface area (Å²) in [5.41, 5.74) is 4.90. The summed E-state index contributed by atoms with van der Waals surface area (Å²) in [6.45, 7) is 6.29. The molecule has 0 bridgehead atoms. The van der Waals surface area contributed by atoms with Crippen LogP contribution in [0.15, 0.2) is 77.6 Å². The van der Waals surface area contributed by atoms with Crippen LogP contribution < -0.4 is 20.3 Å². The minimum absolute atomic E-state index is 0.0354. The highest BCUT2D eigenvalue weighted by Gasteiger charge is 2.18. The summed E-state index contributed by atoms with van der Waals surface area (Å²) in [4.78, 5) is 18.2. The number of ether oxygens (including phenoxy) is 2. The smallest absolute Gasteiger partial charge is 0.253 e. The maximum atomic E-state index is 13.1. The van der Waals surface area contributed by atoms with Crippen LogP contribution in [0.1, 0.15) is 35.2 Å². The number of aromatic amines is 1. The number of fused-ring (bicyclic) bond motifs is 2. The van der Waals surface area contributed by atoms with Crippen molar-refractivity contribution in [1.82, 2.24) is 15.2 Å². The van der Waals surface area contributed by atoms with Crippen LogP contribution in [0.5, 0.6) is 11.5 Å². The molecule has 6 nitrogen and oxygen atoms in total. The van der Waals surface area contributed by atoms with Crippen molar-refractivity contribution in [3.05, 3.63) is 105 Å². The molecule has 2 heterocycles. The molecule has 1 aliphatic rings. The van der Waals surface area contributed by atoms with E-state index in [1.54, 1.807) is 0 Å². The van der Waals surface area contributed by atoms with Crippen molar-refractivity contribution >= 4 is 28.2 Å². The van der Waals surface area contributed by atoms with Crippen molar-refractivity contribution in [2.75, 3.05) is 19.8 Å². The summed E-state index contributed by atoms with van der Waals surface area (Å²) in [6.07, 6.45) is 0.818. The zero-order chi connectivity index (χ0) is 25.8. The van der Waals surface area contributed by atoms with Gasteiger partial charge in [-0.1, -0.05) is 54.6 Å². The van der Waals surface area contributed by atoms with E-state index >= 15 is 0 Å². The van der Waals surface area contributed by atoms with Gasteiger partial charge in [0.25, 0.3) is 5.56 Å². The van der Waals surface area contributed by atoms with Crippen LogP contribution in [0.3, 0.4) is 0 Å². The van der Waals surface area contributed by atoms with Gasteiger partial charge in [0.1, 0.15) is 13.2 Å². The molecule has 0 radical (unpaired) electrons. The van der Waals surface area contributed by atoms with Gasteiger partial charge in [-0.05, 0) is 61.3 Å². The van der Waals surface area contributed by atoms with Crippen LogP contribution in [0.4, 0.5) is 0 Å². The molecular weight excluding hydrogens is 482 g/mol. The first kappa shape index (κ1) is 24.8. The van der Waals surface area contributed by atoms with Crippen LogP contribution >= 0.6 is 12.2 Å². The van der Waals surface area contributed by atoms with Crippen LogP contribution in [-0.2, 0) is 13.0 Å². The summed E-state index contributed by atoms with van der Waals surface area (Å²) in [6, 6.07) is 24.3. The summed E-state index contributed by atoms with van der Waals surface area (Å²) in [7, 11) is 0. The number of pyridine rings is 1. The quantitative estimate of drug-likeness (QED) is 0.328. The normalized spacial score (nSPS) is 13.2. The van der Waals surface area contributed by atoms with Gasteiger partial charge in [-0.2, -0.15) is 0 Å². The fourth-order valence-electron chi connectivity index (χ4n) is 4.61. The number of nitrogens with one attached hydrogen (secondary N) is 2. The largest absolute Gasteiger partial charge is 0.486 e. The van der Waals surface area contributed by atoms with Gasteiger partial charge in [0.05, 0.1) is 18.1 Å². The number of benzene rings is 3. The Labute approximate surface area is 222 Å². The van der Waals surface area contributed by atoms with E-state index in [-0.39, 0.29) is 11.6 Å². The van der Waals surface area contributed by atoms with Gasteiger partial charge >= 0.3 is 0 Å². The number of thiocarbonyl (C=S) groups is 1. The Balaban J connectivity index is 1.41. The van der Waals surface area contributed by atoms with E-state index in [0.717, 1.165) is 22.9 Å². The standard InChI is InChI=1S/C30H31N3O3S/c1-20-8-6-7-9-22(20)12-13-33(30(37)31-21(2)23-10-4-3-5-11-23)19-25-16-24-17-27-28(36-15-14-35-27)18-26(24)32-29(25)34/h3-11,16-18,21H,12-15,19H2,1-2H3,(H,31,37)(H,32,34). The third-order valence-corrected chi connectivity index (χ3v) is 7.16. The molecule has 1 aliphatic heterocycles. The first-order chi connectivity index (χ1) is 18.0. The predicted molar refractivity (Wildman–Crippen MR) is 151 cm³/mol. The number of hydrogen-bond acceptors (Lipinski definition) is 4. The topological polar surface area (TPSA) is 66.6 Å². The highest BCUT2D eigenvalue weighted by atomic mass is 32.1. The lowest BCUT2D eigenvalue weighted by Gasteiger charge is -2.28. The van der Waals surface area contributed by atoms with E-state index in [1.807, 2.05) is 42.5 Å². The molecule has 190 valence electrons. The predicted octanol–water partition coefficient (Wildman–Crippen LogP) is 5.29. The average Bonchev–Trinajstić information content (AvgIpc) is 2.91. The molecule has 1 unspecified atom stereocenters. The number of rotatable bonds is 7. The Morgan fingerprint density at radius 2 is 1.70 bits per heavy atom. The summed E-state index contributed by atoms with van der Waals surface area (Å²) < 4.78 is 11.4. The van der Waals surface area contributed by atoms with Crippen LogP contribution in [0, 0.1) is 6.92 Å². The number of hydrogen-bond donors (Lipinski definition) is 2. The van der Waals surface area contributed by atoms with E-state index in [4.69, 9.17) is 21.7 Å². The van der Waals surface area contributed by atoms with Crippen molar-refractivity contribution < 1.29 is 9.47 Å².